The van der Waals surface area contributed by atoms with Crippen molar-refractivity contribution in [3.8, 4) is 5.75 Å². The van der Waals surface area contributed by atoms with Gasteiger partial charge in [-0.2, -0.15) is 0 Å². The fourth-order valence-electron chi connectivity index (χ4n) is 1.93. The van der Waals surface area contributed by atoms with Crippen LogP contribution in [0.5, 0.6) is 5.75 Å². The number of carboxylic acid groups (broad SMARTS) is 1. The van der Waals surface area contributed by atoms with E-state index in [0.717, 1.165) is 0 Å². The number of phenolic OH excluding ortho intramolecular Hbond substituents is 1. The van der Waals surface area contributed by atoms with Gasteiger partial charge < -0.3 is 15.1 Å². The summed E-state index contributed by atoms with van der Waals surface area (Å²) >= 11 is 1.43. The molecular weight excluding hydrogens is 254 g/mol. The van der Waals surface area contributed by atoms with Crippen LogP contribution in [0.4, 0.5) is 0 Å². The lowest BCUT2D eigenvalue weighted by Crippen LogP contribution is -2.44. The molecule has 1 aromatic rings. The van der Waals surface area contributed by atoms with Gasteiger partial charge in [0.2, 0.25) is 0 Å². The standard InChI is InChI=1S/C12H13NO4S/c1-7-13(10(6-18-7)12(16)17)11(15)8-3-2-4-9(14)5-8/h2-5,7,10,14H,6H2,1H3,(H,16,17). The zero-order chi connectivity index (χ0) is 13.3. The number of hydrogen-bond acceptors (Lipinski definition) is 4. The second kappa shape index (κ2) is 4.89. The summed E-state index contributed by atoms with van der Waals surface area (Å²) in [4.78, 5) is 24.7. The summed E-state index contributed by atoms with van der Waals surface area (Å²) in [5.41, 5.74) is 0.301. The molecule has 0 aromatic heterocycles. The Hall–Kier alpha value is -1.69. The first-order valence-corrected chi connectivity index (χ1v) is 6.51. The van der Waals surface area contributed by atoms with Crippen molar-refractivity contribution in [2.75, 3.05) is 5.75 Å². The van der Waals surface area contributed by atoms with Crippen LogP contribution >= 0.6 is 11.8 Å². The largest absolute Gasteiger partial charge is 0.508 e. The predicted molar refractivity (Wildman–Crippen MR) is 67.6 cm³/mol. The van der Waals surface area contributed by atoms with Crippen molar-refractivity contribution >= 4 is 23.6 Å². The summed E-state index contributed by atoms with van der Waals surface area (Å²) in [6.45, 7) is 1.80. The molecule has 2 atom stereocenters. The molecule has 1 aliphatic rings. The number of aliphatic carboxylic acids is 1. The Balaban J connectivity index is 2.29. The van der Waals surface area contributed by atoms with Gasteiger partial charge in [-0.3, -0.25) is 4.79 Å². The van der Waals surface area contributed by atoms with E-state index < -0.39 is 12.0 Å². The van der Waals surface area contributed by atoms with Gasteiger partial charge >= 0.3 is 5.97 Å². The van der Waals surface area contributed by atoms with Crippen LogP contribution in [-0.2, 0) is 4.79 Å². The molecule has 0 radical (unpaired) electrons. The quantitative estimate of drug-likeness (QED) is 0.846. The van der Waals surface area contributed by atoms with Crippen LogP contribution in [0.1, 0.15) is 17.3 Å². The molecule has 2 rings (SSSR count). The smallest absolute Gasteiger partial charge is 0.327 e. The monoisotopic (exact) mass is 267 g/mol. The number of rotatable bonds is 2. The molecule has 1 aliphatic heterocycles. The lowest BCUT2D eigenvalue weighted by atomic mass is 10.1. The first kappa shape index (κ1) is 12.8. The predicted octanol–water partition coefficient (Wildman–Crippen LogP) is 1.38. The third-order valence-corrected chi connectivity index (χ3v) is 4.05. The first-order chi connectivity index (χ1) is 8.50. The van der Waals surface area contributed by atoms with Gasteiger partial charge in [0.05, 0.1) is 5.37 Å². The fourth-order valence-corrected chi connectivity index (χ4v) is 3.10. The number of benzene rings is 1. The van der Waals surface area contributed by atoms with Crippen LogP contribution in [-0.4, -0.2) is 44.2 Å². The highest BCUT2D eigenvalue weighted by atomic mass is 32.2. The maximum absolute atomic E-state index is 12.3. The molecule has 1 saturated heterocycles. The minimum Gasteiger partial charge on any atom is -0.508 e. The van der Waals surface area contributed by atoms with Crippen LogP contribution in [0, 0.1) is 0 Å². The molecule has 1 fully saturated rings. The van der Waals surface area contributed by atoms with E-state index in [1.807, 2.05) is 0 Å². The maximum Gasteiger partial charge on any atom is 0.327 e. The van der Waals surface area contributed by atoms with E-state index in [2.05, 4.69) is 0 Å². The lowest BCUT2D eigenvalue weighted by molar-refractivity contribution is -0.141. The van der Waals surface area contributed by atoms with Crippen molar-refractivity contribution in [2.24, 2.45) is 0 Å². The number of amides is 1. The Kier molecular flexibility index (Phi) is 3.47. The van der Waals surface area contributed by atoms with E-state index in [-0.39, 0.29) is 17.0 Å². The molecular formula is C12H13NO4S. The zero-order valence-corrected chi connectivity index (χ0v) is 10.6. The van der Waals surface area contributed by atoms with E-state index in [1.54, 1.807) is 19.1 Å². The van der Waals surface area contributed by atoms with Gasteiger partial charge in [-0.05, 0) is 25.1 Å². The Morgan fingerprint density at radius 3 is 2.78 bits per heavy atom. The van der Waals surface area contributed by atoms with Gasteiger partial charge in [-0.25, -0.2) is 4.79 Å². The SMILES string of the molecule is CC1SCC(C(=O)O)N1C(=O)c1cccc(O)c1. The number of carboxylic acids is 1. The molecule has 0 bridgehead atoms. The fraction of sp³-hybridized carbons (Fsp3) is 0.333. The molecule has 1 aromatic carbocycles. The average Bonchev–Trinajstić information content (AvgIpc) is 2.70. The van der Waals surface area contributed by atoms with Crippen molar-refractivity contribution < 1.29 is 19.8 Å². The molecule has 1 heterocycles. The summed E-state index contributed by atoms with van der Waals surface area (Å²) < 4.78 is 0. The molecule has 0 spiro atoms. The number of phenols is 1. The summed E-state index contributed by atoms with van der Waals surface area (Å²) in [5.74, 6) is -0.982. The van der Waals surface area contributed by atoms with E-state index >= 15 is 0 Å². The zero-order valence-electron chi connectivity index (χ0n) is 9.74. The molecule has 5 nitrogen and oxygen atoms in total. The van der Waals surface area contributed by atoms with Crippen molar-refractivity contribution in [1.29, 1.82) is 0 Å². The summed E-state index contributed by atoms with van der Waals surface area (Å²) in [7, 11) is 0. The van der Waals surface area contributed by atoms with Crippen molar-refractivity contribution in [3.05, 3.63) is 29.8 Å². The number of carbonyl (C=O) groups is 2. The second-order valence-electron chi connectivity index (χ2n) is 4.05. The highest BCUT2D eigenvalue weighted by Crippen LogP contribution is 2.30. The second-order valence-corrected chi connectivity index (χ2v) is 5.40. The highest BCUT2D eigenvalue weighted by molar-refractivity contribution is 8.00. The molecule has 96 valence electrons. The van der Waals surface area contributed by atoms with Crippen LogP contribution in [0.25, 0.3) is 0 Å². The van der Waals surface area contributed by atoms with E-state index in [1.165, 1.54) is 28.8 Å². The van der Waals surface area contributed by atoms with Crippen molar-refractivity contribution in [2.45, 2.75) is 18.3 Å². The molecule has 18 heavy (non-hydrogen) atoms. The van der Waals surface area contributed by atoms with Gasteiger partial charge in [0.1, 0.15) is 11.8 Å². The van der Waals surface area contributed by atoms with E-state index in [0.29, 0.717) is 11.3 Å². The minimum absolute atomic E-state index is 0.00720. The number of thioether (sulfide) groups is 1. The summed E-state index contributed by atoms with van der Waals surface area (Å²) in [5, 5.41) is 18.3. The topological polar surface area (TPSA) is 77.8 Å². The molecule has 6 heteroatoms. The average molecular weight is 267 g/mol. The highest BCUT2D eigenvalue weighted by Gasteiger charge is 2.39. The third-order valence-electron chi connectivity index (χ3n) is 2.84. The Morgan fingerprint density at radius 1 is 1.44 bits per heavy atom. The van der Waals surface area contributed by atoms with Gasteiger partial charge in [0.25, 0.3) is 5.91 Å². The van der Waals surface area contributed by atoms with Crippen LogP contribution < -0.4 is 0 Å². The summed E-state index contributed by atoms with van der Waals surface area (Å²) in [6, 6.07) is 5.13. The lowest BCUT2D eigenvalue weighted by Gasteiger charge is -2.25. The van der Waals surface area contributed by atoms with Crippen LogP contribution in [0.2, 0.25) is 0 Å². The van der Waals surface area contributed by atoms with Gasteiger partial charge in [-0.1, -0.05) is 6.07 Å². The number of aromatic hydroxyl groups is 1. The third kappa shape index (κ3) is 2.28. The minimum atomic E-state index is -1.000. The van der Waals surface area contributed by atoms with Crippen molar-refractivity contribution in [1.82, 2.24) is 4.90 Å². The van der Waals surface area contributed by atoms with Crippen molar-refractivity contribution in [3.63, 3.8) is 0 Å². The Bertz CT molecular complexity index is 491. The maximum atomic E-state index is 12.3. The summed E-state index contributed by atoms with van der Waals surface area (Å²) in [6.07, 6.45) is 0. The Morgan fingerprint density at radius 2 is 2.17 bits per heavy atom. The van der Waals surface area contributed by atoms with Gasteiger partial charge in [0, 0.05) is 11.3 Å². The number of hydrogen-bond donors (Lipinski definition) is 2. The van der Waals surface area contributed by atoms with E-state index in [4.69, 9.17) is 5.11 Å². The molecule has 0 aliphatic carbocycles. The molecule has 1 amide bonds. The van der Waals surface area contributed by atoms with Gasteiger partial charge in [0.15, 0.2) is 0 Å². The Labute approximate surface area is 108 Å². The van der Waals surface area contributed by atoms with Crippen LogP contribution in [0.3, 0.4) is 0 Å². The van der Waals surface area contributed by atoms with Gasteiger partial charge in [-0.15, -0.1) is 11.8 Å². The molecule has 2 unspecified atom stereocenters. The van der Waals surface area contributed by atoms with Crippen LogP contribution in [0.15, 0.2) is 24.3 Å². The number of nitrogens with zero attached hydrogens (tertiary/aromatic N) is 1. The molecule has 0 saturated carbocycles. The van der Waals surface area contributed by atoms with E-state index in [9.17, 15) is 14.7 Å². The molecule has 2 N–H and O–H groups in total. The number of carbonyl (C=O) groups excluding carboxylic acids is 1. The normalized spacial score (nSPS) is 23.1. The first-order valence-electron chi connectivity index (χ1n) is 5.47.